The van der Waals surface area contributed by atoms with Gasteiger partial charge < -0.3 is 9.13 Å². The molecule has 698 valence electrons. The topological polar surface area (TPSA) is 35.6 Å². The van der Waals surface area contributed by atoms with E-state index in [0.717, 1.165) is 85.3 Å². The lowest BCUT2D eigenvalue weighted by molar-refractivity contribution is 0.339. The highest BCUT2D eigenvalue weighted by atomic mass is 15.1. The summed E-state index contributed by atoms with van der Waals surface area (Å²) >= 11 is 0. The summed E-state index contributed by atoms with van der Waals surface area (Å²) in [5.41, 5.74) is 40.5. The Labute approximate surface area is 825 Å². The van der Waals surface area contributed by atoms with Crippen molar-refractivity contribution in [1.29, 1.82) is 0 Å². The van der Waals surface area contributed by atoms with Crippen LogP contribution in [0.3, 0.4) is 0 Å². The molecule has 4 nitrogen and oxygen atoms in total. The number of imidazole rings is 2. The van der Waals surface area contributed by atoms with Gasteiger partial charge in [-0.25, -0.2) is 9.97 Å². The van der Waals surface area contributed by atoms with Gasteiger partial charge in [0, 0.05) is 33.3 Å². The molecule has 0 aliphatic carbocycles. The Hall–Kier alpha value is -11.2. The summed E-state index contributed by atoms with van der Waals surface area (Å²) in [6.07, 6.45) is 2.29. The van der Waals surface area contributed by atoms with Gasteiger partial charge in [-0.05, 0) is 374 Å². The summed E-state index contributed by atoms with van der Waals surface area (Å²) in [5, 5.41) is 0. The number of rotatable bonds is 16. The minimum Gasteiger partial charge on any atom is -0.331 e. The quantitative estimate of drug-likeness (QED) is 0.0966. The molecule has 0 bridgehead atoms. The van der Waals surface area contributed by atoms with Crippen LogP contribution in [-0.2, 0) is 26.9 Å². The zero-order valence-electron chi connectivity index (χ0n) is 101. The third-order valence-electron chi connectivity index (χ3n) is 26.2. The van der Waals surface area contributed by atoms with Crippen LogP contribution in [0, 0.1) is 106 Å². The number of benzene rings is 13. The van der Waals surface area contributed by atoms with Gasteiger partial charge in [-0.3, -0.25) is 0 Å². The molecule has 0 saturated heterocycles. The number of aryl methyl sites for hydroxylation is 12. The molecule has 2 heterocycles. The number of fused-ring (bicyclic) bond motifs is 2. The van der Waals surface area contributed by atoms with E-state index >= 15 is 0 Å². The van der Waals surface area contributed by atoms with Crippen LogP contribution in [0.4, 0.5) is 0 Å². The van der Waals surface area contributed by atoms with Crippen molar-refractivity contribution in [1.82, 2.24) is 19.1 Å². The van der Waals surface area contributed by atoms with Crippen LogP contribution in [0.2, 0.25) is 0 Å². The molecule has 0 aliphatic heterocycles. The van der Waals surface area contributed by atoms with E-state index in [-0.39, 0.29) is 17.0 Å². The minimum atomic E-state index is -2.38. The molecular weight excluding hydrogens is 1610 g/mol. The maximum atomic E-state index is 8.78. The molecule has 4 heteroatoms. The maximum Gasteiger partial charge on any atom is 0.106 e. The Balaban J connectivity index is 0.000000184. The Morgan fingerprint density at radius 1 is 0.278 bits per heavy atom. The third kappa shape index (κ3) is 26.9. The molecule has 15 aromatic rings. The zero-order chi connectivity index (χ0) is 110. The van der Waals surface area contributed by atoms with Crippen molar-refractivity contribution in [3.8, 4) is 77.9 Å². The Bertz CT molecular complexity index is 7050. The lowest BCUT2D eigenvalue weighted by Crippen LogP contribution is -2.15. The fourth-order valence-electron chi connectivity index (χ4n) is 17.6. The highest BCUT2D eigenvalue weighted by Crippen LogP contribution is 2.42. The van der Waals surface area contributed by atoms with Gasteiger partial charge in [-0.2, -0.15) is 0 Å². The second-order valence-electron chi connectivity index (χ2n) is 42.1. The molecule has 2 aromatic heterocycles. The first-order chi connectivity index (χ1) is 67.5. The zero-order valence-corrected chi connectivity index (χ0v) is 87.0. The fourth-order valence-corrected chi connectivity index (χ4v) is 17.6. The molecule has 0 N–H and O–H groups in total. The van der Waals surface area contributed by atoms with E-state index in [9.17, 15) is 0 Å². The molecule has 1 unspecified atom stereocenters. The Morgan fingerprint density at radius 2 is 0.602 bits per heavy atom. The Morgan fingerprint density at radius 3 is 0.992 bits per heavy atom. The van der Waals surface area contributed by atoms with Crippen LogP contribution in [0.1, 0.15) is 336 Å². The van der Waals surface area contributed by atoms with Gasteiger partial charge in [-0.1, -0.05) is 371 Å². The van der Waals surface area contributed by atoms with E-state index < -0.39 is 55.4 Å². The van der Waals surface area contributed by atoms with Crippen LogP contribution in [0.15, 0.2) is 243 Å². The molecule has 0 saturated carbocycles. The highest BCUT2D eigenvalue weighted by Gasteiger charge is 2.24. The van der Waals surface area contributed by atoms with E-state index in [0.29, 0.717) is 50.4 Å². The lowest BCUT2D eigenvalue weighted by Gasteiger charge is -2.28. The SMILES string of the molecule is Cc1c(C(C)C)cc(-c2ccc3c(c2)nc(C)n3C)cc1C(C)C.Cc1ccc(-c2ccc(CC(C)(C)C)cc2C)cc1C.Cc1ccc(CC(C)(C)C)cc1C.[2H]C(C)(C)c1cc(-c2ccc(-c3ccc(-c4ccccc4)cc3)cc2)cc(C([2H])(C)C)c1C.[2H]C([2H])([2H])c1cc(-c2ccc(C([2H])(C)C(C)(C)C)cc2C([2H])([2H])[2H])ccc1C.[2H]C([2H])([2H])c1nc2cc(-c3cc(C([2H])(C)C)c(C)c(C([2H])(C)C)c3)ccc2n1C. The average Bonchev–Trinajstić information content (AvgIpc) is 1.43. The van der Waals surface area contributed by atoms with Crippen molar-refractivity contribution >= 4 is 22.1 Å². The monoisotopic (exact) mass is 1780 g/mol. The van der Waals surface area contributed by atoms with Gasteiger partial charge in [-0.15, -0.1) is 0 Å². The van der Waals surface area contributed by atoms with Gasteiger partial charge in [0.25, 0.3) is 0 Å². The summed E-state index contributed by atoms with van der Waals surface area (Å²) in [5.74, 6) is -1.85. The first kappa shape index (κ1) is 84.8. The van der Waals surface area contributed by atoms with Crippen molar-refractivity contribution in [2.75, 3.05) is 0 Å². The summed E-state index contributed by atoms with van der Waals surface area (Å²) < 4.78 is 117. The second kappa shape index (κ2) is 44.3. The second-order valence-corrected chi connectivity index (χ2v) is 42.1. The van der Waals surface area contributed by atoms with Crippen LogP contribution < -0.4 is 0 Å². The predicted molar refractivity (Wildman–Crippen MR) is 586 cm³/mol. The van der Waals surface area contributed by atoms with E-state index in [1.807, 2.05) is 126 Å². The standard InChI is InChI=1S/C31H32.2C22H28N2.C21H28.C20H26.C13H20/c1-21(2)30-19-29(20-31(22(3)4)23(30)5)28-17-15-27(16-18-28)26-13-11-25(12-14-26)24-9-7-6-8-10-24;2*1-13(2)19-10-18(11-20(14(3)4)15(19)5)17-8-9-22-21(12-17)23-16(6)24(22)7;1-14-8-9-19(12-15(14)2)20-11-10-18(13-16(20)3)17(4)21(5,6)7;1-14-7-9-18(12-15(14)2)19-10-8-17(11-16(19)3)13-20(4,5)6;1-10-6-7-12(8-11(10)2)9-13(3,4)5/h6-22H,1-5H3;2*8-14H,1-7H3;8-13,17H,1-7H3;7-12H,13H2,1-6H3;6-8H,9H2,1-5H3/i21D,22D;6D3,13D,14D;;2D3,3D3,17D;;. The van der Waals surface area contributed by atoms with Gasteiger partial charge in [0.05, 0.1) is 22.1 Å². The number of aromatic nitrogens is 4. The van der Waals surface area contributed by atoms with Gasteiger partial charge in [0.1, 0.15) is 11.6 Å². The third-order valence-corrected chi connectivity index (χ3v) is 26.2. The average molecular weight is 1780 g/mol. The first-order valence-corrected chi connectivity index (χ1v) is 47.7. The summed E-state index contributed by atoms with van der Waals surface area (Å²) in [7, 11) is 3.79. The van der Waals surface area contributed by atoms with Crippen molar-refractivity contribution in [2.45, 2.75) is 296 Å². The predicted octanol–water partition coefficient (Wildman–Crippen LogP) is 37.6. The lowest BCUT2D eigenvalue weighted by atomic mass is 9.77. The Kier molecular flexibility index (Phi) is 28.2. The molecule has 0 aliphatic rings. The number of hydrogen-bond donors (Lipinski definition) is 0. The molecule has 0 spiro atoms. The van der Waals surface area contributed by atoms with Crippen molar-refractivity contribution in [2.24, 2.45) is 30.3 Å². The molecular formula is C129H162N4. The normalized spacial score (nSPS) is 14.3. The minimum absolute atomic E-state index is 0.0644. The summed E-state index contributed by atoms with van der Waals surface area (Å²) in [6.45, 7) is 59.6. The van der Waals surface area contributed by atoms with Gasteiger partial charge in [0.15, 0.2) is 0 Å². The van der Waals surface area contributed by atoms with E-state index in [1.165, 1.54) is 106 Å². The molecule has 133 heavy (non-hydrogen) atoms. The smallest absolute Gasteiger partial charge is 0.106 e. The molecule has 1 atom stereocenters. The van der Waals surface area contributed by atoms with Crippen LogP contribution in [0.5, 0.6) is 0 Å². The number of nitrogens with zero attached hydrogens (tertiary/aromatic N) is 4. The van der Waals surface area contributed by atoms with E-state index in [4.69, 9.17) is 24.2 Å². The number of hydrogen-bond acceptors (Lipinski definition) is 2. The fraction of sp³-hybridized carbons (Fsp3) is 0.380. The maximum absolute atomic E-state index is 8.78. The molecule has 0 amide bonds. The van der Waals surface area contributed by atoms with Crippen molar-refractivity contribution in [3.05, 3.63) is 366 Å². The first-order valence-electron chi connectivity index (χ1n) is 54.7. The van der Waals surface area contributed by atoms with Crippen LogP contribution >= 0.6 is 0 Å². The molecule has 0 fully saturated rings. The molecule has 13 aromatic carbocycles. The van der Waals surface area contributed by atoms with Crippen LogP contribution in [-0.4, -0.2) is 19.1 Å². The van der Waals surface area contributed by atoms with E-state index in [2.05, 4.69) is 304 Å². The largest absolute Gasteiger partial charge is 0.331 e. The molecule has 0 radical (unpaired) electrons. The van der Waals surface area contributed by atoms with Gasteiger partial charge in [0.2, 0.25) is 0 Å². The summed E-state index contributed by atoms with van der Waals surface area (Å²) in [4.78, 5) is 9.05. The van der Waals surface area contributed by atoms with E-state index in [1.54, 1.807) is 61.9 Å². The summed E-state index contributed by atoms with van der Waals surface area (Å²) in [6, 6.07) is 83.5. The van der Waals surface area contributed by atoms with Crippen molar-refractivity contribution in [3.63, 3.8) is 0 Å². The van der Waals surface area contributed by atoms with Gasteiger partial charge >= 0.3 is 0 Å². The van der Waals surface area contributed by atoms with Crippen molar-refractivity contribution < 1.29 is 19.2 Å². The molecule has 15 rings (SSSR count). The van der Waals surface area contributed by atoms with Crippen LogP contribution in [0.25, 0.3) is 100.0 Å². The highest BCUT2D eigenvalue weighted by molar-refractivity contribution is 5.85.